The first-order valence-electron chi connectivity index (χ1n) is 14.3. The summed E-state index contributed by atoms with van der Waals surface area (Å²) in [5.41, 5.74) is -1.16. The van der Waals surface area contributed by atoms with Crippen LogP contribution in [0.4, 0.5) is 0 Å². The maximum atomic E-state index is 11.8. The van der Waals surface area contributed by atoms with Crippen molar-refractivity contribution >= 4 is 0 Å². The van der Waals surface area contributed by atoms with Gasteiger partial charge in [0.15, 0.2) is 0 Å². The Labute approximate surface area is 208 Å². The molecule has 4 saturated carbocycles. The predicted molar refractivity (Wildman–Crippen MR) is 137 cm³/mol. The van der Waals surface area contributed by atoms with Crippen molar-refractivity contribution in [2.45, 2.75) is 137 Å². The van der Waals surface area contributed by atoms with Gasteiger partial charge in [0.2, 0.25) is 0 Å². The number of hydrogen-bond donors (Lipinski definition) is 4. The summed E-state index contributed by atoms with van der Waals surface area (Å²) in [5.74, 6) is 1.54. The van der Waals surface area contributed by atoms with Crippen LogP contribution < -0.4 is 0 Å². The van der Waals surface area contributed by atoms with E-state index in [9.17, 15) is 20.4 Å². The van der Waals surface area contributed by atoms with Crippen LogP contribution in [0, 0.1) is 51.2 Å². The molecule has 4 nitrogen and oxygen atoms in total. The molecular weight excluding hydrogens is 424 g/mol. The molecule has 0 aromatic carbocycles. The summed E-state index contributed by atoms with van der Waals surface area (Å²) < 4.78 is 0. The Hall–Kier alpha value is -0.160. The van der Waals surface area contributed by atoms with Crippen molar-refractivity contribution in [3.63, 3.8) is 0 Å². The van der Waals surface area contributed by atoms with E-state index in [1.807, 2.05) is 6.92 Å². The lowest BCUT2D eigenvalue weighted by Gasteiger charge is -2.71. The first kappa shape index (κ1) is 26.9. The van der Waals surface area contributed by atoms with Crippen molar-refractivity contribution in [1.82, 2.24) is 0 Å². The Morgan fingerprint density at radius 2 is 1.50 bits per heavy atom. The quantitative estimate of drug-likeness (QED) is 0.417. The van der Waals surface area contributed by atoms with Gasteiger partial charge in [-0.1, -0.05) is 61.3 Å². The van der Waals surface area contributed by atoms with Gasteiger partial charge in [0.25, 0.3) is 0 Å². The van der Waals surface area contributed by atoms with E-state index in [1.54, 1.807) is 0 Å². The Morgan fingerprint density at radius 1 is 0.882 bits per heavy atom. The molecule has 4 aliphatic rings. The van der Waals surface area contributed by atoms with Crippen molar-refractivity contribution in [1.29, 1.82) is 0 Å². The standard InChI is InChI=1S/C30H54O4/c1-18(2)10-9-13-30(8,34)19-11-14-29(7)24(19)20(31)16-23-27(5)17-21(32)25(33)26(3,4)22(27)12-15-28(23,29)6/h18-25,31-34H,9-17H2,1-8H3/t19-,20+,21+,22-,23+,24-,25-,27-,28+,29+,30-/m0/s1. The maximum absolute atomic E-state index is 11.8. The molecule has 198 valence electrons. The maximum Gasteiger partial charge on any atom is 0.0852 e. The molecule has 0 aromatic heterocycles. The molecule has 0 aromatic rings. The summed E-state index contributed by atoms with van der Waals surface area (Å²) in [6.07, 6.45) is 6.75. The van der Waals surface area contributed by atoms with E-state index in [2.05, 4.69) is 48.5 Å². The van der Waals surface area contributed by atoms with Crippen molar-refractivity contribution < 1.29 is 20.4 Å². The normalized spacial score (nSPS) is 52.0. The molecule has 0 amide bonds. The third kappa shape index (κ3) is 3.67. The van der Waals surface area contributed by atoms with Crippen molar-refractivity contribution in [3.8, 4) is 0 Å². The molecule has 4 rings (SSSR count). The van der Waals surface area contributed by atoms with Gasteiger partial charge in [0.1, 0.15) is 0 Å². The zero-order valence-corrected chi connectivity index (χ0v) is 23.3. The van der Waals surface area contributed by atoms with E-state index >= 15 is 0 Å². The van der Waals surface area contributed by atoms with Crippen LogP contribution in [0.2, 0.25) is 0 Å². The van der Waals surface area contributed by atoms with Crippen LogP contribution >= 0.6 is 0 Å². The first-order valence-corrected chi connectivity index (χ1v) is 14.3. The second-order valence-electron chi connectivity index (χ2n) is 15.1. The predicted octanol–water partition coefficient (Wildman–Crippen LogP) is 5.55. The molecule has 4 N–H and O–H groups in total. The molecule has 4 aliphatic carbocycles. The molecule has 4 heteroatoms. The highest BCUT2D eigenvalue weighted by atomic mass is 16.3. The van der Waals surface area contributed by atoms with Gasteiger partial charge >= 0.3 is 0 Å². The largest absolute Gasteiger partial charge is 0.393 e. The zero-order chi connectivity index (χ0) is 25.5. The lowest BCUT2D eigenvalue weighted by molar-refractivity contribution is -0.263. The topological polar surface area (TPSA) is 80.9 Å². The second-order valence-corrected chi connectivity index (χ2v) is 15.1. The van der Waals surface area contributed by atoms with Crippen LogP contribution in [0.25, 0.3) is 0 Å². The third-order valence-electron chi connectivity index (χ3n) is 12.6. The Balaban J connectivity index is 1.66. The van der Waals surface area contributed by atoms with Gasteiger partial charge in [0.05, 0.1) is 23.9 Å². The van der Waals surface area contributed by atoms with Gasteiger partial charge in [-0.25, -0.2) is 0 Å². The highest BCUT2D eigenvalue weighted by molar-refractivity contribution is 5.20. The molecule has 0 heterocycles. The van der Waals surface area contributed by atoms with Gasteiger partial charge in [-0.15, -0.1) is 0 Å². The van der Waals surface area contributed by atoms with Crippen LogP contribution in [0.1, 0.15) is 113 Å². The lowest BCUT2D eigenvalue weighted by atomic mass is 9.35. The first-order chi connectivity index (χ1) is 15.5. The van der Waals surface area contributed by atoms with Gasteiger partial charge < -0.3 is 20.4 Å². The van der Waals surface area contributed by atoms with Crippen molar-refractivity contribution in [3.05, 3.63) is 0 Å². The summed E-state index contributed by atoms with van der Waals surface area (Å²) in [5, 5.41) is 45.3. The summed E-state index contributed by atoms with van der Waals surface area (Å²) in [7, 11) is 0. The van der Waals surface area contributed by atoms with E-state index < -0.39 is 23.9 Å². The van der Waals surface area contributed by atoms with E-state index in [0.29, 0.717) is 24.2 Å². The van der Waals surface area contributed by atoms with Crippen molar-refractivity contribution in [2.75, 3.05) is 0 Å². The minimum atomic E-state index is -0.740. The van der Waals surface area contributed by atoms with Crippen LogP contribution in [0.15, 0.2) is 0 Å². The van der Waals surface area contributed by atoms with Crippen LogP contribution in [0.5, 0.6) is 0 Å². The average molecular weight is 479 g/mol. The second kappa shape index (κ2) is 8.43. The molecule has 11 atom stereocenters. The van der Waals surface area contributed by atoms with E-state index in [0.717, 1.165) is 51.4 Å². The number of fused-ring (bicyclic) bond motifs is 5. The molecule has 0 spiro atoms. The molecule has 0 radical (unpaired) electrons. The molecule has 0 aliphatic heterocycles. The Bertz CT molecular complexity index is 761. The molecule has 0 saturated heterocycles. The van der Waals surface area contributed by atoms with Crippen LogP contribution in [-0.4, -0.2) is 44.3 Å². The fourth-order valence-corrected chi connectivity index (χ4v) is 10.6. The van der Waals surface area contributed by atoms with E-state index in [1.165, 1.54) is 0 Å². The van der Waals surface area contributed by atoms with Gasteiger partial charge in [0, 0.05) is 0 Å². The number of hydrogen-bond acceptors (Lipinski definition) is 4. The monoisotopic (exact) mass is 478 g/mol. The summed E-state index contributed by atoms with van der Waals surface area (Å²) >= 11 is 0. The van der Waals surface area contributed by atoms with Crippen LogP contribution in [-0.2, 0) is 0 Å². The minimum Gasteiger partial charge on any atom is -0.393 e. The summed E-state index contributed by atoms with van der Waals surface area (Å²) in [4.78, 5) is 0. The van der Waals surface area contributed by atoms with Gasteiger partial charge in [-0.3, -0.25) is 0 Å². The molecule has 34 heavy (non-hydrogen) atoms. The minimum absolute atomic E-state index is 0.0266. The molecule has 4 fully saturated rings. The Kier molecular flexibility index (Phi) is 6.67. The summed E-state index contributed by atoms with van der Waals surface area (Å²) in [6.45, 7) is 18.0. The number of aliphatic hydroxyl groups is 4. The fourth-order valence-electron chi connectivity index (χ4n) is 10.6. The highest BCUT2D eigenvalue weighted by Crippen LogP contribution is 2.75. The molecule has 0 bridgehead atoms. The van der Waals surface area contributed by atoms with Gasteiger partial charge in [-0.05, 0) is 103 Å². The van der Waals surface area contributed by atoms with Crippen molar-refractivity contribution in [2.24, 2.45) is 51.2 Å². The zero-order valence-electron chi connectivity index (χ0n) is 23.3. The Morgan fingerprint density at radius 3 is 2.12 bits per heavy atom. The third-order valence-corrected chi connectivity index (χ3v) is 12.6. The average Bonchev–Trinajstić information content (AvgIpc) is 3.09. The number of aliphatic hydroxyl groups excluding tert-OH is 3. The van der Waals surface area contributed by atoms with Crippen LogP contribution in [0.3, 0.4) is 0 Å². The number of rotatable bonds is 5. The molecular formula is C30H54O4. The SMILES string of the molecule is CC(C)CCC[C@](C)(O)[C@H]1CC[C@]2(C)[C@@H]1[C@H](O)C[C@@H]1[C@@]3(C)C[C@@H](O)[C@H](O)C(C)(C)[C@@H]3CC[C@]12C. The molecule has 0 unspecified atom stereocenters. The van der Waals surface area contributed by atoms with E-state index in [4.69, 9.17) is 0 Å². The van der Waals surface area contributed by atoms with Gasteiger partial charge in [-0.2, -0.15) is 0 Å². The smallest absolute Gasteiger partial charge is 0.0852 e. The fraction of sp³-hybridized carbons (Fsp3) is 1.00. The highest BCUT2D eigenvalue weighted by Gasteiger charge is 2.71. The lowest BCUT2D eigenvalue weighted by Crippen LogP contribution is -2.68. The van der Waals surface area contributed by atoms with E-state index in [-0.39, 0.29) is 33.5 Å². The summed E-state index contributed by atoms with van der Waals surface area (Å²) in [6, 6.07) is 0.